The fourth-order valence-corrected chi connectivity index (χ4v) is 1.54. The molecule has 7 nitrogen and oxygen atoms in total. The Morgan fingerprint density at radius 2 is 1.81 bits per heavy atom. The van der Waals surface area contributed by atoms with Gasteiger partial charge in [-0.1, -0.05) is 6.92 Å². The topological polar surface area (TPSA) is 122 Å². The van der Waals surface area contributed by atoms with Crippen molar-refractivity contribution in [1.82, 2.24) is 10.6 Å². The molecule has 0 aromatic heterocycles. The molecule has 0 spiro atoms. The summed E-state index contributed by atoms with van der Waals surface area (Å²) >= 11 is 8.05. The number of carbonyl (C=O) groups excluding carboxylic acids is 2. The zero-order valence-corrected chi connectivity index (χ0v) is 14.0. The number of amides is 2. The first-order valence-electron chi connectivity index (χ1n) is 6.61. The first-order valence-corrected chi connectivity index (χ1v) is 7.88. The molecule has 2 amide bonds. The van der Waals surface area contributed by atoms with Crippen molar-refractivity contribution in [2.24, 2.45) is 5.73 Å². The third kappa shape index (κ3) is 17.0. The molecular weight excluding hydrogens is 314 g/mol. The Kier molecular flexibility index (Phi) is 16.5. The highest BCUT2D eigenvalue weighted by Crippen LogP contribution is 1.92. The normalized spacial score (nSPS) is 11.0. The molecule has 0 aliphatic heterocycles. The van der Waals surface area contributed by atoms with Gasteiger partial charge in [0.25, 0.3) is 0 Å². The molecule has 0 fully saturated rings. The number of carbonyl (C=O) groups is 3. The third-order valence-electron chi connectivity index (χ3n) is 2.23. The number of thiol groups is 2. The molecule has 0 rings (SSSR count). The summed E-state index contributed by atoms with van der Waals surface area (Å²) in [6.45, 7) is 2.07. The van der Waals surface area contributed by atoms with Crippen molar-refractivity contribution < 1.29 is 19.5 Å². The van der Waals surface area contributed by atoms with E-state index in [-0.39, 0.29) is 24.1 Å². The van der Waals surface area contributed by atoms with Gasteiger partial charge in [0.1, 0.15) is 0 Å². The van der Waals surface area contributed by atoms with Gasteiger partial charge in [-0.05, 0) is 18.6 Å². The van der Waals surface area contributed by atoms with E-state index in [9.17, 15) is 14.4 Å². The van der Waals surface area contributed by atoms with Crippen LogP contribution in [0.1, 0.15) is 26.2 Å². The Balaban J connectivity index is 0. The number of rotatable bonds is 10. The molecule has 0 aromatic rings. The molecule has 5 N–H and O–H groups in total. The molecule has 0 aromatic carbocycles. The van der Waals surface area contributed by atoms with Gasteiger partial charge < -0.3 is 16.2 Å². The highest BCUT2D eigenvalue weighted by molar-refractivity contribution is 7.80. The largest absolute Gasteiger partial charge is 0.480 e. The second-order valence-electron chi connectivity index (χ2n) is 4.05. The Labute approximate surface area is 136 Å². The lowest BCUT2D eigenvalue weighted by Gasteiger charge is -2.14. The van der Waals surface area contributed by atoms with Gasteiger partial charge in [-0.15, -0.1) is 0 Å². The van der Waals surface area contributed by atoms with E-state index >= 15 is 0 Å². The number of unbranched alkanes of at least 4 members (excludes halogenated alkanes) is 1. The summed E-state index contributed by atoms with van der Waals surface area (Å²) in [5.41, 5.74) is 4.65. The SMILES string of the molecule is CCC(N)=O.O=C(O)CNC(CS)C(=O)NCCCCS. The Bertz CT molecular complexity index is 317. The second kappa shape index (κ2) is 15.5. The molecule has 124 valence electrons. The summed E-state index contributed by atoms with van der Waals surface area (Å²) < 4.78 is 0. The number of hydrogen-bond donors (Lipinski definition) is 6. The van der Waals surface area contributed by atoms with Gasteiger partial charge in [0.2, 0.25) is 11.8 Å². The zero-order chi connectivity index (χ0) is 16.7. The van der Waals surface area contributed by atoms with E-state index in [2.05, 4.69) is 41.6 Å². The van der Waals surface area contributed by atoms with Gasteiger partial charge in [-0.2, -0.15) is 25.3 Å². The predicted octanol–water partition coefficient (Wildman–Crippen LogP) is -0.333. The van der Waals surface area contributed by atoms with Crippen LogP contribution in [0.3, 0.4) is 0 Å². The number of carboxylic acids is 1. The standard InChI is InChI=1S/C9H18N2O3S2.C3H7NO/c12-8(13)5-11-7(6-16)9(14)10-3-1-2-4-15;1-2-3(4)5/h7,11,15-16H,1-6H2,(H,10,14)(H,12,13);2H2,1H3,(H2,4,5). The highest BCUT2D eigenvalue weighted by atomic mass is 32.1. The van der Waals surface area contributed by atoms with Crippen LogP contribution in [0.5, 0.6) is 0 Å². The molecular formula is C12H25N3O4S2. The predicted molar refractivity (Wildman–Crippen MR) is 88.9 cm³/mol. The minimum atomic E-state index is -0.991. The van der Waals surface area contributed by atoms with E-state index in [4.69, 9.17) is 5.11 Å². The fourth-order valence-electron chi connectivity index (χ4n) is 1.02. The minimum Gasteiger partial charge on any atom is -0.480 e. The number of nitrogens with two attached hydrogens (primary N) is 1. The quantitative estimate of drug-likeness (QED) is 0.240. The summed E-state index contributed by atoms with van der Waals surface area (Å²) in [6.07, 6.45) is 2.25. The van der Waals surface area contributed by atoms with E-state index in [0.29, 0.717) is 13.0 Å². The molecule has 21 heavy (non-hydrogen) atoms. The van der Waals surface area contributed by atoms with Crippen LogP contribution in [0.25, 0.3) is 0 Å². The van der Waals surface area contributed by atoms with Crippen LogP contribution in [0, 0.1) is 0 Å². The molecule has 0 aliphatic rings. The zero-order valence-electron chi connectivity index (χ0n) is 12.2. The molecule has 0 radical (unpaired) electrons. The third-order valence-corrected chi connectivity index (χ3v) is 2.91. The van der Waals surface area contributed by atoms with E-state index < -0.39 is 12.0 Å². The van der Waals surface area contributed by atoms with E-state index in [1.54, 1.807) is 6.92 Å². The number of primary amides is 1. The molecule has 9 heteroatoms. The average molecular weight is 339 g/mol. The maximum atomic E-state index is 11.5. The van der Waals surface area contributed by atoms with Crippen molar-refractivity contribution in [3.8, 4) is 0 Å². The number of nitrogens with one attached hydrogen (secondary N) is 2. The van der Waals surface area contributed by atoms with Gasteiger partial charge in [0.05, 0.1) is 12.6 Å². The smallest absolute Gasteiger partial charge is 0.317 e. The summed E-state index contributed by atoms with van der Waals surface area (Å²) in [6, 6.07) is -0.560. The molecule has 0 heterocycles. The first-order chi connectivity index (χ1) is 9.88. The van der Waals surface area contributed by atoms with Crippen LogP contribution in [0.2, 0.25) is 0 Å². The fraction of sp³-hybridized carbons (Fsp3) is 0.750. The first kappa shape index (κ1) is 22.4. The van der Waals surface area contributed by atoms with Gasteiger partial charge >= 0.3 is 5.97 Å². The van der Waals surface area contributed by atoms with Crippen LogP contribution in [0.4, 0.5) is 0 Å². The molecule has 0 aliphatic carbocycles. The Morgan fingerprint density at radius 1 is 1.24 bits per heavy atom. The van der Waals surface area contributed by atoms with Crippen LogP contribution in [-0.4, -0.2) is 53.5 Å². The van der Waals surface area contributed by atoms with Crippen molar-refractivity contribution in [1.29, 1.82) is 0 Å². The van der Waals surface area contributed by atoms with Crippen LogP contribution in [0.15, 0.2) is 0 Å². The second-order valence-corrected chi connectivity index (χ2v) is 4.86. The van der Waals surface area contributed by atoms with Crippen LogP contribution >= 0.6 is 25.3 Å². The van der Waals surface area contributed by atoms with E-state index in [0.717, 1.165) is 18.6 Å². The van der Waals surface area contributed by atoms with Crippen molar-refractivity contribution in [3.05, 3.63) is 0 Å². The molecule has 1 unspecified atom stereocenters. The molecule has 0 saturated carbocycles. The number of hydrogen-bond acceptors (Lipinski definition) is 6. The maximum Gasteiger partial charge on any atom is 0.317 e. The van der Waals surface area contributed by atoms with Gasteiger partial charge in [0.15, 0.2) is 0 Å². The average Bonchev–Trinajstić information content (AvgIpc) is 2.44. The van der Waals surface area contributed by atoms with Crippen molar-refractivity contribution in [2.75, 3.05) is 24.6 Å². The Morgan fingerprint density at radius 3 is 2.19 bits per heavy atom. The van der Waals surface area contributed by atoms with Crippen LogP contribution in [-0.2, 0) is 14.4 Å². The summed E-state index contributed by atoms with van der Waals surface area (Å²) in [7, 11) is 0. The van der Waals surface area contributed by atoms with E-state index in [1.807, 2.05) is 0 Å². The Hall–Kier alpha value is -0.930. The lowest BCUT2D eigenvalue weighted by molar-refractivity contribution is -0.136. The van der Waals surface area contributed by atoms with Crippen LogP contribution < -0.4 is 16.4 Å². The van der Waals surface area contributed by atoms with Crippen molar-refractivity contribution in [2.45, 2.75) is 32.2 Å². The van der Waals surface area contributed by atoms with Crippen molar-refractivity contribution >= 4 is 43.0 Å². The lowest BCUT2D eigenvalue weighted by atomic mass is 10.3. The van der Waals surface area contributed by atoms with Gasteiger partial charge in [-0.3, -0.25) is 19.7 Å². The number of carboxylic acid groups (broad SMARTS) is 1. The maximum absolute atomic E-state index is 11.5. The summed E-state index contributed by atoms with van der Waals surface area (Å²) in [4.78, 5) is 31.4. The summed E-state index contributed by atoms with van der Waals surface area (Å²) in [5.74, 6) is -0.385. The highest BCUT2D eigenvalue weighted by Gasteiger charge is 2.16. The lowest BCUT2D eigenvalue weighted by Crippen LogP contribution is -2.47. The van der Waals surface area contributed by atoms with Gasteiger partial charge in [0, 0.05) is 18.7 Å². The summed E-state index contributed by atoms with van der Waals surface area (Å²) in [5, 5.41) is 13.8. The molecule has 0 saturated heterocycles. The molecule has 0 bridgehead atoms. The number of aliphatic carboxylic acids is 1. The van der Waals surface area contributed by atoms with Crippen molar-refractivity contribution in [3.63, 3.8) is 0 Å². The molecule has 1 atom stereocenters. The van der Waals surface area contributed by atoms with E-state index in [1.165, 1.54) is 0 Å². The monoisotopic (exact) mass is 339 g/mol. The van der Waals surface area contributed by atoms with Gasteiger partial charge in [-0.25, -0.2) is 0 Å². The minimum absolute atomic E-state index is 0.213.